The van der Waals surface area contributed by atoms with Crippen molar-refractivity contribution in [1.29, 1.82) is 0 Å². The van der Waals surface area contributed by atoms with E-state index in [0.717, 1.165) is 42.3 Å². The maximum Gasteiger partial charge on any atom is 0.124 e. The molecule has 0 aliphatic heterocycles. The minimum atomic E-state index is -0.232. The number of benzene rings is 1. The summed E-state index contributed by atoms with van der Waals surface area (Å²) in [5.41, 5.74) is 1.82. The topological polar surface area (TPSA) is 45.1 Å². The van der Waals surface area contributed by atoms with Gasteiger partial charge >= 0.3 is 0 Å². The zero-order valence-corrected chi connectivity index (χ0v) is 13.4. The molecule has 2 aromatic rings. The first-order chi connectivity index (χ1) is 10.6. The van der Waals surface area contributed by atoms with Crippen LogP contribution in [0.2, 0.25) is 0 Å². The van der Waals surface area contributed by atoms with Crippen LogP contribution < -0.4 is 5.32 Å². The van der Waals surface area contributed by atoms with Gasteiger partial charge in [0, 0.05) is 31.3 Å². The summed E-state index contributed by atoms with van der Waals surface area (Å²) < 4.78 is 13.7. The highest BCUT2D eigenvalue weighted by Gasteiger charge is 2.25. The predicted octanol–water partition coefficient (Wildman–Crippen LogP) is 3.65. The van der Waals surface area contributed by atoms with Gasteiger partial charge in [0.25, 0.3) is 0 Å². The van der Waals surface area contributed by atoms with Crippen LogP contribution in [0.3, 0.4) is 0 Å². The van der Waals surface area contributed by atoms with Gasteiger partial charge in [0.2, 0.25) is 0 Å². The molecule has 3 nitrogen and oxygen atoms in total. The molecular weight excluding hydrogens is 279 g/mol. The largest absolute Gasteiger partial charge is 0.396 e. The van der Waals surface area contributed by atoms with Gasteiger partial charge in [0.15, 0.2) is 0 Å². The van der Waals surface area contributed by atoms with Crippen LogP contribution in [0, 0.1) is 11.2 Å². The fraction of sp³-hybridized carbons (Fsp3) is 0.500. The van der Waals surface area contributed by atoms with E-state index in [1.54, 1.807) is 12.3 Å². The molecule has 0 saturated carbocycles. The molecule has 2 rings (SSSR count). The molecule has 0 spiro atoms. The van der Waals surface area contributed by atoms with E-state index < -0.39 is 0 Å². The van der Waals surface area contributed by atoms with E-state index in [2.05, 4.69) is 24.1 Å². The third-order valence-corrected chi connectivity index (χ3v) is 4.71. The second-order valence-electron chi connectivity index (χ2n) is 5.92. The summed E-state index contributed by atoms with van der Waals surface area (Å²) in [6.07, 6.45) is 4.55. The molecule has 0 fully saturated rings. The Balaban J connectivity index is 2.11. The molecule has 0 atom stereocenters. The van der Waals surface area contributed by atoms with Crippen molar-refractivity contribution in [3.8, 4) is 0 Å². The number of fused-ring (bicyclic) bond motifs is 1. The lowest BCUT2D eigenvalue weighted by atomic mass is 9.79. The number of hydrogen-bond donors (Lipinski definition) is 2. The van der Waals surface area contributed by atoms with Crippen molar-refractivity contribution in [2.45, 2.75) is 39.7 Å². The molecule has 1 heterocycles. The number of aromatic nitrogens is 1. The molecule has 0 aliphatic rings. The Morgan fingerprint density at radius 3 is 2.73 bits per heavy atom. The maximum atomic E-state index is 13.7. The van der Waals surface area contributed by atoms with Crippen LogP contribution in [0.15, 0.2) is 30.5 Å². The van der Waals surface area contributed by atoms with E-state index in [9.17, 15) is 9.50 Å². The summed E-state index contributed by atoms with van der Waals surface area (Å²) in [7, 11) is 0. The Hall–Kier alpha value is -1.52. The van der Waals surface area contributed by atoms with Crippen molar-refractivity contribution in [1.82, 2.24) is 10.3 Å². The molecule has 2 N–H and O–H groups in total. The van der Waals surface area contributed by atoms with Crippen molar-refractivity contribution >= 4 is 10.9 Å². The summed E-state index contributed by atoms with van der Waals surface area (Å²) in [6, 6.07) is 6.76. The van der Waals surface area contributed by atoms with E-state index in [1.807, 2.05) is 12.1 Å². The van der Waals surface area contributed by atoms with Gasteiger partial charge in [-0.25, -0.2) is 4.39 Å². The first kappa shape index (κ1) is 16.8. The molecule has 1 aromatic heterocycles. The third-order valence-electron chi connectivity index (χ3n) is 4.71. The van der Waals surface area contributed by atoms with Gasteiger partial charge in [0.05, 0.1) is 5.52 Å². The highest BCUT2D eigenvalue weighted by Crippen LogP contribution is 2.29. The Bertz CT molecular complexity index is 611. The molecule has 0 aliphatic carbocycles. The molecule has 0 radical (unpaired) electrons. The quantitative estimate of drug-likeness (QED) is 0.782. The van der Waals surface area contributed by atoms with Gasteiger partial charge in [0.1, 0.15) is 5.82 Å². The first-order valence-corrected chi connectivity index (χ1v) is 7.99. The minimum Gasteiger partial charge on any atom is -0.396 e. The normalized spacial score (nSPS) is 12.0. The van der Waals surface area contributed by atoms with E-state index in [0.29, 0.717) is 6.54 Å². The summed E-state index contributed by atoms with van der Waals surface area (Å²) in [5, 5.41) is 13.5. The number of halogens is 1. The fourth-order valence-corrected chi connectivity index (χ4v) is 3.00. The highest BCUT2D eigenvalue weighted by molar-refractivity contribution is 5.81. The van der Waals surface area contributed by atoms with Crippen molar-refractivity contribution < 1.29 is 9.50 Å². The molecule has 22 heavy (non-hydrogen) atoms. The SMILES string of the molecule is CCC(CC)(CCO)CNCc1cc(F)cc2cccnc12. The second-order valence-corrected chi connectivity index (χ2v) is 5.92. The van der Waals surface area contributed by atoms with E-state index >= 15 is 0 Å². The standard InChI is InChI=1S/C18H25FN2O/c1-3-18(4-2,7-9-22)13-20-12-15-11-16(19)10-14-6-5-8-21-17(14)15/h5-6,8,10-11,20,22H,3-4,7,9,12-13H2,1-2H3. The Kier molecular flexibility index (Phi) is 5.86. The Labute approximate surface area is 131 Å². The summed E-state index contributed by atoms with van der Waals surface area (Å²) in [4.78, 5) is 4.37. The van der Waals surface area contributed by atoms with Crippen molar-refractivity contribution in [2.75, 3.05) is 13.2 Å². The molecular formula is C18H25FN2O. The van der Waals surface area contributed by atoms with Crippen LogP contribution >= 0.6 is 0 Å². The smallest absolute Gasteiger partial charge is 0.124 e. The van der Waals surface area contributed by atoms with Crippen molar-refractivity contribution in [3.05, 3.63) is 41.8 Å². The molecule has 1 aromatic carbocycles. The Morgan fingerprint density at radius 2 is 2.05 bits per heavy atom. The number of pyridine rings is 1. The number of nitrogens with zero attached hydrogens (tertiary/aromatic N) is 1. The number of aliphatic hydroxyl groups is 1. The zero-order chi connectivity index (χ0) is 16.0. The van der Waals surface area contributed by atoms with Crippen molar-refractivity contribution in [3.63, 3.8) is 0 Å². The zero-order valence-electron chi connectivity index (χ0n) is 13.4. The lowest BCUT2D eigenvalue weighted by molar-refractivity contribution is 0.163. The van der Waals surface area contributed by atoms with Gasteiger partial charge in [-0.3, -0.25) is 4.98 Å². The van der Waals surface area contributed by atoms with Crippen LogP contribution in [0.1, 0.15) is 38.7 Å². The average Bonchev–Trinajstić information content (AvgIpc) is 2.53. The lowest BCUT2D eigenvalue weighted by Gasteiger charge is -2.31. The Morgan fingerprint density at radius 1 is 1.27 bits per heavy atom. The molecule has 0 unspecified atom stereocenters. The van der Waals surface area contributed by atoms with Gasteiger partial charge in [-0.05, 0) is 48.4 Å². The van der Waals surface area contributed by atoms with Gasteiger partial charge in [-0.2, -0.15) is 0 Å². The first-order valence-electron chi connectivity index (χ1n) is 7.99. The van der Waals surface area contributed by atoms with Crippen molar-refractivity contribution in [2.24, 2.45) is 5.41 Å². The van der Waals surface area contributed by atoms with Crippen LogP contribution in [0.5, 0.6) is 0 Å². The minimum absolute atomic E-state index is 0.102. The summed E-state index contributed by atoms with van der Waals surface area (Å²) in [6.45, 7) is 5.90. The summed E-state index contributed by atoms with van der Waals surface area (Å²) in [5.74, 6) is -0.232. The number of hydrogen-bond acceptors (Lipinski definition) is 3. The van der Waals surface area contributed by atoms with Crippen LogP contribution in [0.4, 0.5) is 4.39 Å². The van der Waals surface area contributed by atoms with Gasteiger partial charge < -0.3 is 10.4 Å². The molecule has 0 saturated heterocycles. The third kappa shape index (κ3) is 3.81. The van der Waals surface area contributed by atoms with E-state index in [4.69, 9.17) is 0 Å². The van der Waals surface area contributed by atoms with Crippen LogP contribution in [-0.2, 0) is 6.54 Å². The van der Waals surface area contributed by atoms with E-state index in [-0.39, 0.29) is 17.8 Å². The monoisotopic (exact) mass is 304 g/mol. The molecule has 120 valence electrons. The summed E-state index contributed by atoms with van der Waals surface area (Å²) >= 11 is 0. The highest BCUT2D eigenvalue weighted by atomic mass is 19.1. The maximum absolute atomic E-state index is 13.7. The lowest BCUT2D eigenvalue weighted by Crippen LogP contribution is -2.34. The van der Waals surface area contributed by atoms with Gasteiger partial charge in [-0.15, -0.1) is 0 Å². The van der Waals surface area contributed by atoms with Crippen LogP contribution in [-0.4, -0.2) is 23.2 Å². The molecule has 0 amide bonds. The number of rotatable bonds is 8. The fourth-order valence-electron chi connectivity index (χ4n) is 3.00. The van der Waals surface area contributed by atoms with E-state index in [1.165, 1.54) is 6.07 Å². The number of aliphatic hydroxyl groups excluding tert-OH is 1. The van der Waals surface area contributed by atoms with Crippen LogP contribution in [0.25, 0.3) is 10.9 Å². The average molecular weight is 304 g/mol. The number of nitrogens with one attached hydrogen (secondary N) is 1. The van der Waals surface area contributed by atoms with Gasteiger partial charge in [-0.1, -0.05) is 19.9 Å². The predicted molar refractivity (Wildman–Crippen MR) is 88.1 cm³/mol. The molecule has 0 bridgehead atoms. The molecule has 4 heteroatoms. The second kappa shape index (κ2) is 7.65.